The number of hydrogen-bond donors (Lipinski definition) is 2. The maximum atomic E-state index is 11.4. The van der Waals surface area contributed by atoms with E-state index in [1.807, 2.05) is 20.8 Å². The molecule has 0 aliphatic carbocycles. The number of rotatable bonds is 1. The van der Waals surface area contributed by atoms with Gasteiger partial charge in [0.2, 0.25) is 0 Å². The molecule has 0 aliphatic heterocycles. The molecule has 5 heteroatoms. The second kappa shape index (κ2) is 4.61. The van der Waals surface area contributed by atoms with Crippen molar-refractivity contribution in [2.75, 3.05) is 0 Å². The number of halogens is 1. The summed E-state index contributed by atoms with van der Waals surface area (Å²) in [6, 6.07) is 4.20. The third kappa shape index (κ3) is 3.98. The Labute approximate surface area is 99.2 Å². The summed E-state index contributed by atoms with van der Waals surface area (Å²) in [7, 11) is 0. The molecular formula is C11H14ClNO3. The van der Waals surface area contributed by atoms with Gasteiger partial charge in [-0.2, -0.15) is 0 Å². The van der Waals surface area contributed by atoms with Crippen LogP contribution in [0.25, 0.3) is 0 Å². The molecule has 88 valence electrons. The molecule has 0 aliphatic rings. The Bertz CT molecular complexity index is 399. The van der Waals surface area contributed by atoms with Crippen molar-refractivity contribution in [3.8, 4) is 11.5 Å². The molecule has 0 heterocycles. The number of phenols is 1. The fourth-order valence-electron chi connectivity index (χ4n) is 0.990. The Morgan fingerprint density at radius 2 is 2.06 bits per heavy atom. The molecule has 0 saturated heterocycles. The van der Waals surface area contributed by atoms with E-state index in [4.69, 9.17) is 16.3 Å². The lowest BCUT2D eigenvalue weighted by Crippen LogP contribution is -2.42. The third-order valence-corrected chi connectivity index (χ3v) is 1.91. The van der Waals surface area contributed by atoms with Crippen LogP contribution >= 0.6 is 11.6 Å². The number of aromatic hydroxyl groups is 1. The van der Waals surface area contributed by atoms with Crippen LogP contribution in [0.5, 0.6) is 11.5 Å². The number of carbonyl (C=O) groups is 1. The van der Waals surface area contributed by atoms with Crippen LogP contribution in [0.4, 0.5) is 4.79 Å². The van der Waals surface area contributed by atoms with Crippen LogP contribution in [-0.2, 0) is 0 Å². The van der Waals surface area contributed by atoms with Gasteiger partial charge in [0.1, 0.15) is 11.5 Å². The topological polar surface area (TPSA) is 58.6 Å². The maximum absolute atomic E-state index is 11.4. The van der Waals surface area contributed by atoms with Gasteiger partial charge in [-0.15, -0.1) is 0 Å². The highest BCUT2D eigenvalue weighted by molar-refractivity contribution is 6.32. The molecule has 0 atom stereocenters. The Morgan fingerprint density at radius 1 is 1.44 bits per heavy atom. The summed E-state index contributed by atoms with van der Waals surface area (Å²) < 4.78 is 4.98. The molecule has 0 unspecified atom stereocenters. The highest BCUT2D eigenvalue weighted by Crippen LogP contribution is 2.27. The van der Waals surface area contributed by atoms with Crippen LogP contribution in [0, 0.1) is 0 Å². The molecule has 2 N–H and O–H groups in total. The third-order valence-electron chi connectivity index (χ3n) is 1.61. The molecule has 0 saturated carbocycles. The van der Waals surface area contributed by atoms with Crippen molar-refractivity contribution in [3.05, 3.63) is 23.2 Å². The SMILES string of the molecule is CC(C)(C)NC(=O)Oc1ccc(O)c(Cl)c1. The van der Waals surface area contributed by atoms with Gasteiger partial charge in [-0.25, -0.2) is 4.79 Å². The van der Waals surface area contributed by atoms with Crippen molar-refractivity contribution in [2.45, 2.75) is 26.3 Å². The Morgan fingerprint density at radius 3 is 2.56 bits per heavy atom. The molecule has 0 bridgehead atoms. The van der Waals surface area contributed by atoms with E-state index in [0.717, 1.165) is 0 Å². The highest BCUT2D eigenvalue weighted by atomic mass is 35.5. The molecule has 0 fully saturated rings. The van der Waals surface area contributed by atoms with Crippen LogP contribution in [0.15, 0.2) is 18.2 Å². The molecule has 0 spiro atoms. The summed E-state index contributed by atoms with van der Waals surface area (Å²) in [5.74, 6) is 0.231. The first-order chi connectivity index (χ1) is 7.28. The highest BCUT2D eigenvalue weighted by Gasteiger charge is 2.15. The zero-order valence-electron chi connectivity index (χ0n) is 9.37. The summed E-state index contributed by atoms with van der Waals surface area (Å²) in [6.45, 7) is 5.54. The van der Waals surface area contributed by atoms with E-state index in [9.17, 15) is 9.90 Å². The number of hydrogen-bond acceptors (Lipinski definition) is 3. The van der Waals surface area contributed by atoms with Crippen molar-refractivity contribution in [3.63, 3.8) is 0 Å². The van der Waals surface area contributed by atoms with Crippen molar-refractivity contribution in [1.29, 1.82) is 0 Å². The van der Waals surface area contributed by atoms with Gasteiger partial charge >= 0.3 is 6.09 Å². The number of ether oxygens (including phenoxy) is 1. The quantitative estimate of drug-likeness (QED) is 0.797. The van der Waals surface area contributed by atoms with Gasteiger partial charge in [0, 0.05) is 11.6 Å². The van der Waals surface area contributed by atoms with Gasteiger partial charge in [-0.1, -0.05) is 11.6 Å². The summed E-state index contributed by atoms with van der Waals surface area (Å²) in [5.41, 5.74) is -0.363. The Balaban J connectivity index is 2.67. The zero-order valence-corrected chi connectivity index (χ0v) is 10.1. The molecule has 0 aromatic heterocycles. The van der Waals surface area contributed by atoms with Gasteiger partial charge in [0.15, 0.2) is 0 Å². The van der Waals surface area contributed by atoms with Crippen molar-refractivity contribution in [1.82, 2.24) is 5.32 Å². The van der Waals surface area contributed by atoms with Crippen molar-refractivity contribution < 1.29 is 14.6 Å². The minimum absolute atomic E-state index is 0.0507. The zero-order chi connectivity index (χ0) is 12.3. The number of nitrogens with one attached hydrogen (secondary N) is 1. The molecule has 1 aromatic rings. The largest absolute Gasteiger partial charge is 0.506 e. The lowest BCUT2D eigenvalue weighted by molar-refractivity contribution is 0.190. The van der Waals surface area contributed by atoms with E-state index in [1.54, 1.807) is 0 Å². The fourth-order valence-corrected chi connectivity index (χ4v) is 1.16. The van der Waals surface area contributed by atoms with E-state index in [-0.39, 0.29) is 22.1 Å². The summed E-state index contributed by atoms with van der Waals surface area (Å²) in [6.07, 6.45) is -0.561. The predicted octanol–water partition coefficient (Wildman–Crippen LogP) is 2.93. The number of carbonyl (C=O) groups excluding carboxylic acids is 1. The Kier molecular flexibility index (Phi) is 3.65. The average molecular weight is 244 g/mol. The smallest absolute Gasteiger partial charge is 0.413 e. The van der Waals surface area contributed by atoms with Gasteiger partial charge in [0.25, 0.3) is 0 Å². The molecule has 1 rings (SSSR count). The standard InChI is InChI=1S/C11H14ClNO3/c1-11(2,3)13-10(15)16-7-4-5-9(14)8(12)6-7/h4-6,14H,1-3H3,(H,13,15). The average Bonchev–Trinajstić information content (AvgIpc) is 2.08. The van der Waals surface area contributed by atoms with Gasteiger partial charge in [0.05, 0.1) is 5.02 Å². The van der Waals surface area contributed by atoms with E-state index >= 15 is 0 Å². The lowest BCUT2D eigenvalue weighted by Gasteiger charge is -2.19. The summed E-state index contributed by atoms with van der Waals surface area (Å²) in [4.78, 5) is 11.4. The second-order valence-electron chi connectivity index (χ2n) is 4.38. The monoisotopic (exact) mass is 243 g/mol. The second-order valence-corrected chi connectivity index (χ2v) is 4.78. The van der Waals surface area contributed by atoms with Gasteiger partial charge in [-0.3, -0.25) is 0 Å². The number of phenolic OH excluding ortho intramolecular Hbond substituents is 1. The fraction of sp³-hybridized carbons (Fsp3) is 0.364. The molecule has 1 amide bonds. The van der Waals surface area contributed by atoms with E-state index in [1.165, 1.54) is 18.2 Å². The molecule has 1 aromatic carbocycles. The van der Waals surface area contributed by atoms with Crippen LogP contribution in [0.1, 0.15) is 20.8 Å². The number of amides is 1. The summed E-state index contributed by atoms with van der Waals surface area (Å²) >= 11 is 5.67. The van der Waals surface area contributed by atoms with Crippen LogP contribution in [0.2, 0.25) is 5.02 Å². The Hall–Kier alpha value is -1.42. The first-order valence-electron chi connectivity index (χ1n) is 4.76. The van der Waals surface area contributed by atoms with Crippen LogP contribution < -0.4 is 10.1 Å². The van der Waals surface area contributed by atoms with Gasteiger partial charge < -0.3 is 15.2 Å². The first-order valence-corrected chi connectivity index (χ1v) is 5.14. The molecule has 4 nitrogen and oxygen atoms in total. The normalized spacial score (nSPS) is 11.0. The van der Waals surface area contributed by atoms with Crippen molar-refractivity contribution in [2.24, 2.45) is 0 Å². The van der Waals surface area contributed by atoms with Gasteiger partial charge in [-0.05, 0) is 32.9 Å². The van der Waals surface area contributed by atoms with Crippen LogP contribution in [-0.4, -0.2) is 16.7 Å². The minimum Gasteiger partial charge on any atom is -0.506 e. The summed E-state index contributed by atoms with van der Waals surface area (Å²) in [5, 5.41) is 12.0. The predicted molar refractivity (Wildman–Crippen MR) is 62.0 cm³/mol. The molecule has 16 heavy (non-hydrogen) atoms. The molecular weight excluding hydrogens is 230 g/mol. The van der Waals surface area contributed by atoms with Crippen LogP contribution in [0.3, 0.4) is 0 Å². The molecule has 0 radical (unpaired) electrons. The van der Waals surface area contributed by atoms with E-state index in [0.29, 0.717) is 0 Å². The van der Waals surface area contributed by atoms with E-state index in [2.05, 4.69) is 5.32 Å². The van der Waals surface area contributed by atoms with E-state index < -0.39 is 6.09 Å². The minimum atomic E-state index is -0.561. The lowest BCUT2D eigenvalue weighted by atomic mass is 10.1. The maximum Gasteiger partial charge on any atom is 0.413 e. The number of benzene rings is 1. The first kappa shape index (κ1) is 12.6. The van der Waals surface area contributed by atoms with Crippen molar-refractivity contribution >= 4 is 17.7 Å².